The molecule has 0 aliphatic carbocycles. The smallest absolute Gasteiger partial charge is 0.237 e. The predicted octanol–water partition coefficient (Wildman–Crippen LogP) is 4.47. The summed E-state index contributed by atoms with van der Waals surface area (Å²) in [6, 6.07) is -0.351. The first-order valence-corrected chi connectivity index (χ1v) is 5.92. The molecule has 0 saturated heterocycles. The summed E-state index contributed by atoms with van der Waals surface area (Å²) in [5, 5.41) is 16.8. The van der Waals surface area contributed by atoms with Crippen molar-refractivity contribution in [1.82, 2.24) is 0 Å². The average molecular weight is 412 g/mol. The Morgan fingerprint density at radius 2 is 1.00 bits per heavy atom. The molecule has 2 nitrogen and oxygen atoms in total. The molecular weight excluding hydrogens is 407 g/mol. The van der Waals surface area contributed by atoms with Crippen LogP contribution in [0.15, 0.2) is 0 Å². The summed E-state index contributed by atoms with van der Waals surface area (Å²) < 4.78 is 167. The summed E-state index contributed by atoms with van der Waals surface area (Å²) in [5.41, 5.74) is -5.21. The molecule has 3 unspecified atom stereocenters. The Labute approximate surface area is 135 Å². The zero-order chi connectivity index (χ0) is 21.3. The lowest BCUT2D eigenvalue weighted by Gasteiger charge is -2.37. The number of hydrogen-bond acceptors (Lipinski definition) is 2. The van der Waals surface area contributed by atoms with Crippen LogP contribution in [0.3, 0.4) is 0 Å². The summed E-state index contributed by atoms with van der Waals surface area (Å²) in [7, 11) is 0. The molecule has 0 aromatic rings. The number of halogens is 13. The average Bonchev–Trinajstić information content (AvgIpc) is 2.54. The molecule has 0 aliphatic heterocycles. The molecule has 26 heavy (non-hydrogen) atoms. The van der Waals surface area contributed by atoms with Crippen LogP contribution < -0.4 is 0 Å². The first-order chi connectivity index (χ1) is 11.5. The lowest BCUT2D eigenvalue weighted by atomic mass is 9.74. The molecule has 0 bridgehead atoms. The molecule has 0 heterocycles. The van der Waals surface area contributed by atoms with Crippen LogP contribution in [0.2, 0.25) is 0 Å². The Kier molecular flexibility index (Phi) is 6.82. The minimum atomic E-state index is -6.84. The monoisotopic (exact) mass is 412 g/mol. The van der Waals surface area contributed by atoms with Crippen LogP contribution in [0.4, 0.5) is 57.1 Å². The highest BCUT2D eigenvalue weighted by Gasteiger charge is 2.76. The number of nitriles is 2. The van der Waals surface area contributed by atoms with E-state index in [2.05, 4.69) is 0 Å². The Balaban J connectivity index is 6.37. The van der Waals surface area contributed by atoms with Gasteiger partial charge in [0.1, 0.15) is 0 Å². The van der Waals surface area contributed by atoms with Crippen molar-refractivity contribution in [3.63, 3.8) is 0 Å². The van der Waals surface area contributed by atoms with Gasteiger partial charge in [0.05, 0.1) is 12.1 Å². The zero-order valence-electron chi connectivity index (χ0n) is 11.7. The third-order valence-electron chi connectivity index (χ3n) is 3.13. The van der Waals surface area contributed by atoms with Crippen LogP contribution in [0.1, 0.15) is 0 Å². The van der Waals surface area contributed by atoms with Crippen molar-refractivity contribution in [2.45, 2.75) is 49.1 Å². The molecule has 0 saturated carbocycles. The van der Waals surface area contributed by atoms with E-state index >= 15 is 0 Å². The van der Waals surface area contributed by atoms with E-state index in [-0.39, 0.29) is 12.1 Å². The van der Waals surface area contributed by atoms with Gasteiger partial charge in [-0.2, -0.15) is 36.9 Å². The molecule has 0 aromatic heterocycles. The van der Waals surface area contributed by atoms with E-state index in [1.54, 1.807) is 0 Å². The van der Waals surface area contributed by atoms with E-state index in [1.165, 1.54) is 0 Å². The summed E-state index contributed by atoms with van der Waals surface area (Å²) in [6.45, 7) is 0. The van der Waals surface area contributed by atoms with Crippen molar-refractivity contribution < 1.29 is 57.1 Å². The van der Waals surface area contributed by atoms with Gasteiger partial charge in [-0.1, -0.05) is 0 Å². The van der Waals surface area contributed by atoms with Gasteiger partial charge in [0.2, 0.25) is 23.9 Å². The van der Waals surface area contributed by atoms with E-state index in [0.717, 1.165) is 0 Å². The van der Waals surface area contributed by atoms with Crippen molar-refractivity contribution in [3.05, 3.63) is 0 Å². The fourth-order valence-corrected chi connectivity index (χ4v) is 1.59. The van der Waals surface area contributed by atoms with Crippen LogP contribution in [0.25, 0.3) is 0 Å². The standard InChI is InChI=1S/C11H5F13N2/c12-3(4(13)14)10(21,22)11(23,24)6(16)8(1-25,2-26)5(15)9(19,20)7(17)18/h3-7H. The van der Waals surface area contributed by atoms with Crippen molar-refractivity contribution >= 4 is 0 Å². The summed E-state index contributed by atoms with van der Waals surface area (Å²) in [5.74, 6) is -19.7. The second-order valence-electron chi connectivity index (χ2n) is 4.78. The molecule has 0 aromatic carbocycles. The minimum Gasteiger partial charge on any atom is -0.237 e. The van der Waals surface area contributed by atoms with Crippen LogP contribution in [-0.4, -0.2) is 49.1 Å². The number of alkyl halides is 13. The molecular formula is C11H5F13N2. The highest BCUT2D eigenvalue weighted by Crippen LogP contribution is 2.52. The Morgan fingerprint density at radius 3 is 1.27 bits per heavy atom. The second-order valence-corrected chi connectivity index (χ2v) is 4.78. The first-order valence-electron chi connectivity index (χ1n) is 5.92. The van der Waals surface area contributed by atoms with Gasteiger partial charge in [-0.05, 0) is 0 Å². The third-order valence-corrected chi connectivity index (χ3v) is 3.13. The molecule has 15 heteroatoms. The molecule has 0 fully saturated rings. The fraction of sp³-hybridized carbons (Fsp3) is 0.818. The van der Waals surface area contributed by atoms with E-state index < -0.39 is 54.5 Å². The van der Waals surface area contributed by atoms with Crippen molar-refractivity contribution in [3.8, 4) is 12.1 Å². The third kappa shape index (κ3) is 3.48. The number of nitrogens with zero attached hydrogens (tertiary/aromatic N) is 2. The van der Waals surface area contributed by atoms with E-state index in [9.17, 15) is 57.1 Å². The van der Waals surface area contributed by atoms with Crippen LogP contribution >= 0.6 is 0 Å². The molecule has 150 valence electrons. The number of rotatable bonds is 8. The molecule has 0 N–H and O–H groups in total. The molecule has 0 aliphatic rings. The van der Waals surface area contributed by atoms with Gasteiger partial charge in [-0.15, -0.1) is 0 Å². The van der Waals surface area contributed by atoms with Gasteiger partial charge in [-0.25, -0.2) is 30.7 Å². The largest absolute Gasteiger partial charge is 0.349 e. The van der Waals surface area contributed by atoms with Gasteiger partial charge in [0.25, 0.3) is 6.43 Å². The van der Waals surface area contributed by atoms with Gasteiger partial charge in [-0.3, -0.25) is 0 Å². The SMILES string of the molecule is N#CC(C#N)(C(F)C(F)(F)C(F)F)C(F)C(F)(F)C(F)(F)C(F)C(F)F. The fourth-order valence-electron chi connectivity index (χ4n) is 1.59. The topological polar surface area (TPSA) is 47.6 Å². The lowest BCUT2D eigenvalue weighted by Crippen LogP contribution is -2.63. The van der Waals surface area contributed by atoms with Crippen LogP contribution in [-0.2, 0) is 0 Å². The van der Waals surface area contributed by atoms with E-state index in [4.69, 9.17) is 10.5 Å². The normalized spacial score (nSPS) is 17.6. The lowest BCUT2D eigenvalue weighted by molar-refractivity contribution is -0.295. The Morgan fingerprint density at radius 1 is 0.615 bits per heavy atom. The zero-order valence-corrected chi connectivity index (χ0v) is 11.7. The maximum absolute atomic E-state index is 13.8. The van der Waals surface area contributed by atoms with Gasteiger partial charge >= 0.3 is 24.2 Å². The van der Waals surface area contributed by atoms with E-state index in [1.807, 2.05) is 0 Å². The molecule has 0 amide bonds. The first kappa shape index (κ1) is 24.1. The number of hydrogen-bond donors (Lipinski definition) is 0. The molecule has 0 rings (SSSR count). The second kappa shape index (κ2) is 7.36. The van der Waals surface area contributed by atoms with Gasteiger partial charge < -0.3 is 0 Å². The minimum absolute atomic E-state index is 0.176. The molecule has 0 radical (unpaired) electrons. The maximum Gasteiger partial charge on any atom is 0.349 e. The van der Waals surface area contributed by atoms with Gasteiger partial charge in [0.15, 0.2) is 0 Å². The van der Waals surface area contributed by atoms with Crippen molar-refractivity contribution in [2.75, 3.05) is 0 Å². The highest BCUT2D eigenvalue weighted by atomic mass is 19.3. The summed E-state index contributed by atoms with van der Waals surface area (Å²) in [4.78, 5) is 0. The Hall–Kier alpha value is -1.93. The predicted molar refractivity (Wildman–Crippen MR) is 55.2 cm³/mol. The van der Waals surface area contributed by atoms with Crippen LogP contribution in [0, 0.1) is 28.1 Å². The quantitative estimate of drug-likeness (QED) is 0.553. The molecule has 3 atom stereocenters. The highest BCUT2D eigenvalue weighted by molar-refractivity contribution is 5.27. The Bertz CT molecular complexity index is 562. The van der Waals surface area contributed by atoms with E-state index in [0.29, 0.717) is 0 Å². The molecule has 0 spiro atoms. The summed E-state index contributed by atoms with van der Waals surface area (Å²) >= 11 is 0. The van der Waals surface area contributed by atoms with Gasteiger partial charge in [0, 0.05) is 0 Å². The summed E-state index contributed by atoms with van der Waals surface area (Å²) in [6.07, 6.45) is -25.6. The van der Waals surface area contributed by atoms with Crippen molar-refractivity contribution in [1.29, 1.82) is 10.5 Å². The maximum atomic E-state index is 13.8. The van der Waals surface area contributed by atoms with Crippen LogP contribution in [0.5, 0.6) is 0 Å². The van der Waals surface area contributed by atoms with Crippen molar-refractivity contribution in [2.24, 2.45) is 5.41 Å².